The SMILES string of the molecule is COc1ccccc1C1(C2CNC2)COC1. The average molecular weight is 219 g/mol. The number of ether oxygens (including phenoxy) is 2. The largest absolute Gasteiger partial charge is 0.496 e. The second kappa shape index (κ2) is 3.75. The van der Waals surface area contributed by atoms with Crippen molar-refractivity contribution in [1.82, 2.24) is 5.32 Å². The van der Waals surface area contributed by atoms with Gasteiger partial charge in [-0.15, -0.1) is 0 Å². The van der Waals surface area contributed by atoms with Crippen LogP contribution in [0.3, 0.4) is 0 Å². The first-order chi connectivity index (χ1) is 7.87. The highest BCUT2D eigenvalue weighted by Gasteiger charge is 2.50. The van der Waals surface area contributed by atoms with Gasteiger partial charge in [-0.25, -0.2) is 0 Å². The zero-order valence-electron chi connectivity index (χ0n) is 9.53. The van der Waals surface area contributed by atoms with Crippen LogP contribution in [0.1, 0.15) is 5.56 Å². The van der Waals surface area contributed by atoms with E-state index in [1.807, 2.05) is 12.1 Å². The van der Waals surface area contributed by atoms with Crippen LogP contribution in [0.25, 0.3) is 0 Å². The Morgan fingerprint density at radius 2 is 2.06 bits per heavy atom. The fraction of sp³-hybridized carbons (Fsp3) is 0.538. The van der Waals surface area contributed by atoms with E-state index in [4.69, 9.17) is 9.47 Å². The Hall–Kier alpha value is -1.06. The molecule has 0 spiro atoms. The molecular formula is C13H17NO2. The number of benzene rings is 1. The maximum absolute atomic E-state index is 5.47. The quantitative estimate of drug-likeness (QED) is 0.828. The molecule has 0 radical (unpaired) electrons. The monoisotopic (exact) mass is 219 g/mol. The van der Waals surface area contributed by atoms with Gasteiger partial charge in [0.1, 0.15) is 5.75 Å². The van der Waals surface area contributed by atoms with Gasteiger partial charge in [0.25, 0.3) is 0 Å². The maximum atomic E-state index is 5.47. The molecule has 0 bridgehead atoms. The molecule has 0 atom stereocenters. The highest BCUT2D eigenvalue weighted by molar-refractivity contribution is 5.42. The van der Waals surface area contributed by atoms with Crippen LogP contribution in [-0.4, -0.2) is 33.4 Å². The molecule has 1 aromatic rings. The number of methoxy groups -OCH3 is 1. The molecule has 3 nitrogen and oxygen atoms in total. The normalized spacial score (nSPS) is 23.3. The van der Waals surface area contributed by atoms with Crippen molar-refractivity contribution >= 4 is 0 Å². The van der Waals surface area contributed by atoms with Gasteiger partial charge in [-0.3, -0.25) is 0 Å². The lowest BCUT2D eigenvalue weighted by Crippen LogP contribution is -2.62. The van der Waals surface area contributed by atoms with E-state index in [-0.39, 0.29) is 5.41 Å². The lowest BCUT2D eigenvalue weighted by molar-refractivity contribution is -0.102. The highest BCUT2D eigenvalue weighted by Crippen LogP contribution is 2.44. The van der Waals surface area contributed by atoms with Crippen LogP contribution >= 0.6 is 0 Å². The second-order valence-corrected chi connectivity index (χ2v) is 4.70. The minimum atomic E-state index is 0.192. The smallest absolute Gasteiger partial charge is 0.122 e. The third-order valence-electron chi connectivity index (χ3n) is 3.93. The molecule has 2 fully saturated rings. The molecule has 0 saturated carbocycles. The van der Waals surface area contributed by atoms with Gasteiger partial charge in [0.05, 0.1) is 25.7 Å². The molecule has 0 aliphatic carbocycles. The van der Waals surface area contributed by atoms with Gasteiger partial charge < -0.3 is 14.8 Å². The summed E-state index contributed by atoms with van der Waals surface area (Å²) < 4.78 is 10.9. The summed E-state index contributed by atoms with van der Waals surface area (Å²) in [5.74, 6) is 1.69. The van der Waals surface area contributed by atoms with Crippen LogP contribution in [0.2, 0.25) is 0 Å². The van der Waals surface area contributed by atoms with Crippen LogP contribution in [0.15, 0.2) is 24.3 Å². The molecule has 0 amide bonds. The standard InChI is InChI=1S/C13H17NO2/c1-15-12-5-3-2-4-11(12)13(8-16-9-13)10-6-14-7-10/h2-5,10,14H,6-9H2,1H3. The Labute approximate surface area is 95.8 Å². The average Bonchev–Trinajstić information content (AvgIpc) is 2.20. The van der Waals surface area contributed by atoms with Crippen molar-refractivity contribution < 1.29 is 9.47 Å². The molecule has 2 aliphatic rings. The fourth-order valence-corrected chi connectivity index (χ4v) is 2.67. The fourth-order valence-electron chi connectivity index (χ4n) is 2.67. The van der Waals surface area contributed by atoms with E-state index in [0.29, 0.717) is 5.92 Å². The summed E-state index contributed by atoms with van der Waals surface area (Å²) in [6.45, 7) is 3.86. The van der Waals surface area contributed by atoms with E-state index < -0.39 is 0 Å². The van der Waals surface area contributed by atoms with Crippen LogP contribution in [0, 0.1) is 5.92 Å². The van der Waals surface area contributed by atoms with E-state index in [1.165, 1.54) is 5.56 Å². The molecule has 0 aromatic heterocycles. The zero-order chi connectivity index (χ0) is 11.0. The number of hydrogen-bond acceptors (Lipinski definition) is 3. The minimum Gasteiger partial charge on any atom is -0.496 e. The molecule has 1 aromatic carbocycles. The second-order valence-electron chi connectivity index (χ2n) is 4.70. The molecule has 86 valence electrons. The van der Waals surface area contributed by atoms with Gasteiger partial charge in [0.2, 0.25) is 0 Å². The molecular weight excluding hydrogens is 202 g/mol. The van der Waals surface area contributed by atoms with Crippen molar-refractivity contribution in [3.63, 3.8) is 0 Å². The topological polar surface area (TPSA) is 30.5 Å². The van der Waals surface area contributed by atoms with Crippen molar-refractivity contribution in [3.05, 3.63) is 29.8 Å². The first-order valence-electron chi connectivity index (χ1n) is 5.79. The Morgan fingerprint density at radius 3 is 2.56 bits per heavy atom. The van der Waals surface area contributed by atoms with Crippen molar-refractivity contribution in [2.45, 2.75) is 5.41 Å². The highest BCUT2D eigenvalue weighted by atomic mass is 16.5. The number of hydrogen-bond donors (Lipinski definition) is 1. The van der Waals surface area contributed by atoms with Crippen LogP contribution in [0.4, 0.5) is 0 Å². The van der Waals surface area contributed by atoms with Crippen molar-refractivity contribution in [3.8, 4) is 5.75 Å². The Kier molecular flexibility index (Phi) is 2.37. The Balaban J connectivity index is 1.99. The van der Waals surface area contributed by atoms with Gasteiger partial charge >= 0.3 is 0 Å². The molecule has 2 aliphatic heterocycles. The summed E-state index contributed by atoms with van der Waals surface area (Å²) in [6.07, 6.45) is 0. The van der Waals surface area contributed by atoms with Gasteiger partial charge in [0, 0.05) is 18.7 Å². The first kappa shape index (κ1) is 10.1. The summed E-state index contributed by atoms with van der Waals surface area (Å²) in [5.41, 5.74) is 1.51. The van der Waals surface area contributed by atoms with Crippen molar-refractivity contribution in [2.75, 3.05) is 33.4 Å². The molecule has 3 rings (SSSR count). The number of rotatable bonds is 3. The Morgan fingerprint density at radius 1 is 1.31 bits per heavy atom. The van der Waals surface area contributed by atoms with Gasteiger partial charge in [0.15, 0.2) is 0 Å². The zero-order valence-corrected chi connectivity index (χ0v) is 9.53. The molecule has 0 unspecified atom stereocenters. The summed E-state index contributed by atoms with van der Waals surface area (Å²) in [6, 6.07) is 8.33. The van der Waals surface area contributed by atoms with Gasteiger partial charge in [-0.05, 0) is 12.0 Å². The van der Waals surface area contributed by atoms with E-state index in [2.05, 4.69) is 17.4 Å². The molecule has 16 heavy (non-hydrogen) atoms. The first-order valence-corrected chi connectivity index (χ1v) is 5.79. The lowest BCUT2D eigenvalue weighted by Gasteiger charge is -2.51. The van der Waals surface area contributed by atoms with E-state index in [9.17, 15) is 0 Å². The Bertz CT molecular complexity index is 383. The van der Waals surface area contributed by atoms with E-state index in [1.54, 1.807) is 7.11 Å². The van der Waals surface area contributed by atoms with Crippen molar-refractivity contribution in [1.29, 1.82) is 0 Å². The van der Waals surface area contributed by atoms with Crippen LogP contribution < -0.4 is 10.1 Å². The third kappa shape index (κ3) is 1.28. The van der Waals surface area contributed by atoms with Crippen molar-refractivity contribution in [2.24, 2.45) is 5.92 Å². The summed E-state index contributed by atoms with van der Waals surface area (Å²) in [7, 11) is 1.74. The molecule has 2 saturated heterocycles. The number of nitrogens with one attached hydrogen (secondary N) is 1. The predicted molar refractivity (Wildman–Crippen MR) is 61.9 cm³/mol. The number of para-hydroxylation sites is 1. The maximum Gasteiger partial charge on any atom is 0.122 e. The third-order valence-corrected chi connectivity index (χ3v) is 3.93. The summed E-state index contributed by atoms with van der Waals surface area (Å²) in [5, 5.41) is 3.35. The van der Waals surface area contributed by atoms with Crippen LogP contribution in [-0.2, 0) is 10.2 Å². The van der Waals surface area contributed by atoms with Gasteiger partial charge in [-0.1, -0.05) is 18.2 Å². The minimum absolute atomic E-state index is 0.192. The summed E-state index contributed by atoms with van der Waals surface area (Å²) in [4.78, 5) is 0. The lowest BCUT2D eigenvalue weighted by atomic mass is 9.66. The van der Waals surface area contributed by atoms with E-state index >= 15 is 0 Å². The van der Waals surface area contributed by atoms with Crippen LogP contribution in [0.5, 0.6) is 5.75 Å². The molecule has 3 heteroatoms. The molecule has 2 heterocycles. The predicted octanol–water partition coefficient (Wildman–Crippen LogP) is 1.18. The van der Waals surface area contributed by atoms with E-state index in [0.717, 1.165) is 32.1 Å². The van der Waals surface area contributed by atoms with Gasteiger partial charge in [-0.2, -0.15) is 0 Å². The molecule has 1 N–H and O–H groups in total. The summed E-state index contributed by atoms with van der Waals surface area (Å²) >= 11 is 0.